The highest BCUT2D eigenvalue weighted by molar-refractivity contribution is 7.89. The number of hydrogen-bond acceptors (Lipinski definition) is 6. The van der Waals surface area contributed by atoms with Crippen LogP contribution in [0.25, 0.3) is 0 Å². The van der Waals surface area contributed by atoms with Crippen molar-refractivity contribution < 1.29 is 13.2 Å². The fraction of sp³-hybridized carbons (Fsp3) is 0.857. The Kier molecular flexibility index (Phi) is 4.77. The predicted molar refractivity (Wildman–Crippen MR) is 56.0 cm³/mol. The molecule has 0 fully saturated rings. The summed E-state index contributed by atoms with van der Waals surface area (Å²) in [5.41, 5.74) is 0. The Morgan fingerprint density at radius 3 is 2.88 bits per heavy atom. The third-order valence-corrected chi connectivity index (χ3v) is 3.22. The van der Waals surface area contributed by atoms with Gasteiger partial charge in [0, 0.05) is 6.61 Å². The van der Waals surface area contributed by atoms with Gasteiger partial charge in [0.1, 0.15) is 0 Å². The van der Waals surface area contributed by atoms with E-state index in [1.54, 1.807) is 6.92 Å². The second-order valence-corrected chi connectivity index (χ2v) is 5.00. The van der Waals surface area contributed by atoms with E-state index in [9.17, 15) is 8.42 Å². The number of aromatic nitrogens is 4. The van der Waals surface area contributed by atoms with E-state index < -0.39 is 16.1 Å². The van der Waals surface area contributed by atoms with Crippen LogP contribution < -0.4 is 4.72 Å². The van der Waals surface area contributed by atoms with Crippen LogP contribution in [0.1, 0.15) is 25.7 Å². The first kappa shape index (κ1) is 13.0. The van der Waals surface area contributed by atoms with Gasteiger partial charge in [-0.2, -0.15) is 5.21 Å². The van der Waals surface area contributed by atoms with Gasteiger partial charge in [0.15, 0.2) is 5.82 Å². The smallest absolute Gasteiger partial charge is 0.214 e. The van der Waals surface area contributed by atoms with Crippen molar-refractivity contribution in [2.75, 3.05) is 19.0 Å². The number of rotatable bonds is 7. The maximum Gasteiger partial charge on any atom is 0.214 e. The fourth-order valence-corrected chi connectivity index (χ4v) is 2.15. The molecule has 8 nitrogen and oxygen atoms in total. The van der Waals surface area contributed by atoms with Gasteiger partial charge in [0.05, 0.1) is 18.4 Å². The average molecular weight is 249 g/mol. The lowest BCUT2D eigenvalue weighted by molar-refractivity contribution is 0.163. The van der Waals surface area contributed by atoms with Gasteiger partial charge in [-0.05, 0) is 13.8 Å². The van der Waals surface area contributed by atoms with Gasteiger partial charge >= 0.3 is 0 Å². The van der Waals surface area contributed by atoms with Gasteiger partial charge in [0.2, 0.25) is 10.0 Å². The summed E-state index contributed by atoms with van der Waals surface area (Å²) in [4.78, 5) is 0. The van der Waals surface area contributed by atoms with Crippen molar-refractivity contribution in [3.8, 4) is 0 Å². The molecular weight excluding hydrogens is 234 g/mol. The first-order valence-corrected chi connectivity index (χ1v) is 6.51. The Morgan fingerprint density at radius 2 is 2.31 bits per heavy atom. The topological polar surface area (TPSA) is 110 Å². The van der Waals surface area contributed by atoms with Crippen LogP contribution >= 0.6 is 0 Å². The molecule has 1 aromatic rings. The molecule has 0 saturated carbocycles. The predicted octanol–water partition coefficient (Wildman–Crippen LogP) is -0.783. The Hall–Kier alpha value is -1.06. The van der Waals surface area contributed by atoms with Crippen molar-refractivity contribution in [1.29, 1.82) is 0 Å². The molecule has 0 aliphatic carbocycles. The number of ether oxygens (including phenoxy) is 1. The molecule has 0 bridgehead atoms. The van der Waals surface area contributed by atoms with Crippen molar-refractivity contribution in [3.05, 3.63) is 5.82 Å². The Balaban J connectivity index is 2.46. The van der Waals surface area contributed by atoms with Crippen LogP contribution in [0.2, 0.25) is 0 Å². The third kappa shape index (κ3) is 4.21. The second-order valence-electron chi connectivity index (χ2n) is 3.13. The van der Waals surface area contributed by atoms with Gasteiger partial charge in [-0.15, -0.1) is 10.2 Å². The number of hydrogen-bond donors (Lipinski definition) is 2. The maximum absolute atomic E-state index is 11.5. The molecule has 16 heavy (non-hydrogen) atoms. The van der Waals surface area contributed by atoms with Crippen molar-refractivity contribution >= 4 is 10.0 Å². The fourth-order valence-electron chi connectivity index (χ4n) is 1.05. The highest BCUT2D eigenvalue weighted by atomic mass is 32.2. The Morgan fingerprint density at radius 1 is 1.56 bits per heavy atom. The molecule has 0 radical (unpaired) electrons. The highest BCUT2D eigenvalue weighted by Crippen LogP contribution is 2.05. The van der Waals surface area contributed by atoms with E-state index in [4.69, 9.17) is 4.74 Å². The summed E-state index contributed by atoms with van der Waals surface area (Å²) in [5.74, 6) is 0.225. The van der Waals surface area contributed by atoms with Crippen molar-refractivity contribution in [3.63, 3.8) is 0 Å². The molecule has 0 aliphatic heterocycles. The van der Waals surface area contributed by atoms with Crippen molar-refractivity contribution in [1.82, 2.24) is 25.3 Å². The third-order valence-electron chi connectivity index (χ3n) is 1.81. The molecule has 0 saturated heterocycles. The van der Waals surface area contributed by atoms with Gasteiger partial charge in [0.25, 0.3) is 0 Å². The zero-order valence-electron chi connectivity index (χ0n) is 9.17. The zero-order valence-corrected chi connectivity index (χ0v) is 9.99. The molecule has 1 atom stereocenters. The van der Waals surface area contributed by atoms with E-state index in [0.717, 1.165) is 0 Å². The van der Waals surface area contributed by atoms with Crippen LogP contribution in [0, 0.1) is 0 Å². The summed E-state index contributed by atoms with van der Waals surface area (Å²) in [5, 5.41) is 13.0. The van der Waals surface area contributed by atoms with E-state index in [1.807, 2.05) is 6.92 Å². The molecule has 0 aromatic carbocycles. The minimum Gasteiger partial charge on any atom is -0.381 e. The molecule has 0 spiro atoms. The van der Waals surface area contributed by atoms with E-state index in [1.165, 1.54) is 0 Å². The standard InChI is InChI=1S/C7H15N5O3S/c1-3-15-4-5-16(13,14)10-6(2)7-8-11-12-9-7/h6,10H,3-5H2,1-2H3,(H,8,9,11,12). The summed E-state index contributed by atoms with van der Waals surface area (Å²) in [6.45, 7) is 4.12. The van der Waals surface area contributed by atoms with Crippen LogP contribution in [0.3, 0.4) is 0 Å². The Bertz CT molecular complexity index is 390. The van der Waals surface area contributed by atoms with Crippen LogP contribution in [0.15, 0.2) is 0 Å². The molecule has 1 unspecified atom stereocenters. The summed E-state index contributed by atoms with van der Waals surface area (Å²) in [6.07, 6.45) is 0. The van der Waals surface area contributed by atoms with Crippen molar-refractivity contribution in [2.24, 2.45) is 0 Å². The molecule has 0 amide bonds. The molecule has 0 aliphatic rings. The first-order valence-electron chi connectivity index (χ1n) is 4.86. The maximum atomic E-state index is 11.5. The molecular formula is C7H15N5O3S. The number of tetrazole rings is 1. The number of H-pyrrole nitrogens is 1. The summed E-state index contributed by atoms with van der Waals surface area (Å²) in [7, 11) is -3.38. The first-order chi connectivity index (χ1) is 7.55. The molecule has 92 valence electrons. The summed E-state index contributed by atoms with van der Waals surface area (Å²) in [6, 6.07) is -0.509. The van der Waals surface area contributed by atoms with Crippen LogP contribution in [0.4, 0.5) is 0 Å². The lowest BCUT2D eigenvalue weighted by Crippen LogP contribution is -2.31. The SMILES string of the molecule is CCOCCS(=O)(=O)NC(C)c1nn[nH]n1. The van der Waals surface area contributed by atoms with Gasteiger partial charge in [-0.1, -0.05) is 5.21 Å². The van der Waals surface area contributed by atoms with E-state index >= 15 is 0 Å². The van der Waals surface area contributed by atoms with Crippen molar-refractivity contribution in [2.45, 2.75) is 19.9 Å². The van der Waals surface area contributed by atoms with Crippen LogP contribution in [-0.4, -0.2) is 48.0 Å². The quantitative estimate of drug-likeness (QED) is 0.613. The number of nitrogens with zero attached hydrogens (tertiary/aromatic N) is 3. The molecule has 1 heterocycles. The van der Waals surface area contributed by atoms with Gasteiger partial charge < -0.3 is 4.74 Å². The van der Waals surface area contributed by atoms with E-state index in [2.05, 4.69) is 25.3 Å². The molecule has 9 heteroatoms. The minimum atomic E-state index is -3.38. The monoisotopic (exact) mass is 249 g/mol. The van der Waals surface area contributed by atoms with Gasteiger partial charge in [-0.25, -0.2) is 13.1 Å². The molecule has 1 rings (SSSR count). The molecule has 2 N–H and O–H groups in total. The van der Waals surface area contributed by atoms with Crippen LogP contribution in [0.5, 0.6) is 0 Å². The summed E-state index contributed by atoms with van der Waals surface area (Å²) < 4.78 is 30.5. The number of aromatic amines is 1. The highest BCUT2D eigenvalue weighted by Gasteiger charge is 2.18. The Labute approximate surface area is 93.8 Å². The van der Waals surface area contributed by atoms with E-state index in [-0.39, 0.29) is 12.4 Å². The van der Waals surface area contributed by atoms with E-state index in [0.29, 0.717) is 12.4 Å². The largest absolute Gasteiger partial charge is 0.381 e. The summed E-state index contributed by atoms with van der Waals surface area (Å²) >= 11 is 0. The second kappa shape index (κ2) is 5.87. The number of sulfonamides is 1. The lowest BCUT2D eigenvalue weighted by atomic mass is 10.4. The lowest BCUT2D eigenvalue weighted by Gasteiger charge is -2.10. The molecule has 1 aromatic heterocycles. The van der Waals surface area contributed by atoms with Gasteiger partial charge in [-0.3, -0.25) is 0 Å². The normalized spacial score (nSPS) is 13.9. The van der Waals surface area contributed by atoms with Crippen LogP contribution in [-0.2, 0) is 14.8 Å². The zero-order chi connectivity index (χ0) is 12.0. The minimum absolute atomic E-state index is 0.0803. The average Bonchev–Trinajstić information content (AvgIpc) is 2.69. The number of nitrogens with one attached hydrogen (secondary N) is 2.